The predicted octanol–water partition coefficient (Wildman–Crippen LogP) is -0.924. The minimum atomic E-state index is -0.0824. The molecule has 0 spiro atoms. The first-order valence-electron chi connectivity index (χ1n) is 4.47. The Morgan fingerprint density at radius 2 is 2.42 bits per heavy atom. The fraction of sp³-hybridized carbons (Fsp3) is 1.00. The van der Waals surface area contributed by atoms with Crippen molar-refractivity contribution in [3.05, 3.63) is 0 Å². The van der Waals surface area contributed by atoms with Crippen LogP contribution in [0.25, 0.3) is 0 Å². The molecule has 72 valence electrons. The minimum absolute atomic E-state index is 0.0824. The number of β-amino-alcohol motifs (C(OH)–C–C–N with tert-alkyl or cyclic N) is 1. The van der Waals surface area contributed by atoms with Gasteiger partial charge in [-0.15, -0.1) is 0 Å². The van der Waals surface area contributed by atoms with Crippen molar-refractivity contribution in [1.29, 1.82) is 0 Å². The maximum Gasteiger partial charge on any atom is 0.0660 e. The van der Waals surface area contributed by atoms with Gasteiger partial charge in [-0.2, -0.15) is 0 Å². The molecule has 0 aromatic carbocycles. The Bertz CT molecular complexity index is 124. The summed E-state index contributed by atoms with van der Waals surface area (Å²) < 4.78 is 5.35. The fourth-order valence-electron chi connectivity index (χ4n) is 1.55. The number of ether oxygens (including phenoxy) is 1. The molecule has 0 radical (unpaired) electrons. The van der Waals surface area contributed by atoms with E-state index in [2.05, 4.69) is 5.32 Å². The Morgan fingerprint density at radius 3 is 2.92 bits per heavy atom. The summed E-state index contributed by atoms with van der Waals surface area (Å²) in [5.41, 5.74) is 5.57. The van der Waals surface area contributed by atoms with Gasteiger partial charge in [-0.3, -0.25) is 0 Å². The van der Waals surface area contributed by atoms with Crippen molar-refractivity contribution in [3.63, 3.8) is 0 Å². The molecule has 4 heteroatoms. The van der Waals surface area contributed by atoms with Crippen LogP contribution < -0.4 is 11.1 Å². The summed E-state index contributed by atoms with van der Waals surface area (Å²) in [5.74, 6) is 0. The standard InChI is InChI=1S/C8H18N2O2/c9-6-8(10-3-4-11)2-1-5-12-7-8/h10-11H,1-7,9H2. The van der Waals surface area contributed by atoms with Crippen molar-refractivity contribution >= 4 is 0 Å². The van der Waals surface area contributed by atoms with Crippen molar-refractivity contribution < 1.29 is 9.84 Å². The molecule has 0 aromatic heterocycles. The maximum atomic E-state index is 8.66. The second kappa shape index (κ2) is 4.77. The molecule has 0 saturated carbocycles. The molecule has 12 heavy (non-hydrogen) atoms. The van der Waals surface area contributed by atoms with Crippen molar-refractivity contribution in [2.45, 2.75) is 18.4 Å². The molecule has 1 heterocycles. The van der Waals surface area contributed by atoms with Gasteiger partial charge >= 0.3 is 0 Å². The number of hydrogen-bond acceptors (Lipinski definition) is 4. The number of hydrogen-bond donors (Lipinski definition) is 3. The smallest absolute Gasteiger partial charge is 0.0660 e. The molecular weight excluding hydrogens is 156 g/mol. The molecule has 4 N–H and O–H groups in total. The van der Waals surface area contributed by atoms with Crippen LogP contribution in [-0.2, 0) is 4.74 Å². The molecule has 1 fully saturated rings. The van der Waals surface area contributed by atoms with Crippen molar-refractivity contribution in [2.24, 2.45) is 5.73 Å². The third kappa shape index (κ3) is 2.42. The van der Waals surface area contributed by atoms with Crippen LogP contribution in [0.5, 0.6) is 0 Å². The number of aliphatic hydroxyl groups is 1. The van der Waals surface area contributed by atoms with Crippen LogP contribution in [0, 0.1) is 0 Å². The first-order valence-corrected chi connectivity index (χ1v) is 4.47. The van der Waals surface area contributed by atoms with E-state index in [1.807, 2.05) is 0 Å². The van der Waals surface area contributed by atoms with Gasteiger partial charge in [-0.1, -0.05) is 0 Å². The van der Waals surface area contributed by atoms with Gasteiger partial charge in [0.1, 0.15) is 0 Å². The highest BCUT2D eigenvalue weighted by Crippen LogP contribution is 2.17. The molecule has 1 rings (SSSR count). The molecule has 0 aromatic rings. The number of rotatable bonds is 4. The van der Waals surface area contributed by atoms with E-state index >= 15 is 0 Å². The van der Waals surface area contributed by atoms with E-state index in [-0.39, 0.29) is 12.1 Å². The van der Waals surface area contributed by atoms with Crippen LogP contribution >= 0.6 is 0 Å². The van der Waals surface area contributed by atoms with Crippen LogP contribution in [-0.4, -0.2) is 43.6 Å². The monoisotopic (exact) mass is 174 g/mol. The highest BCUT2D eigenvalue weighted by molar-refractivity contribution is 4.90. The largest absolute Gasteiger partial charge is 0.395 e. The van der Waals surface area contributed by atoms with Crippen LogP contribution in [0.15, 0.2) is 0 Å². The van der Waals surface area contributed by atoms with E-state index in [9.17, 15) is 0 Å². The predicted molar refractivity (Wildman–Crippen MR) is 46.9 cm³/mol. The van der Waals surface area contributed by atoms with E-state index < -0.39 is 0 Å². The Labute approximate surface area is 73.1 Å². The zero-order valence-corrected chi connectivity index (χ0v) is 7.38. The van der Waals surface area contributed by atoms with Gasteiger partial charge in [0.15, 0.2) is 0 Å². The lowest BCUT2D eigenvalue weighted by Gasteiger charge is -2.36. The Balaban J connectivity index is 2.37. The van der Waals surface area contributed by atoms with Gasteiger partial charge < -0.3 is 20.9 Å². The summed E-state index contributed by atoms with van der Waals surface area (Å²) in [7, 11) is 0. The van der Waals surface area contributed by atoms with Crippen molar-refractivity contribution in [2.75, 3.05) is 32.9 Å². The Kier molecular flexibility index (Phi) is 3.94. The number of nitrogens with one attached hydrogen (secondary N) is 1. The van der Waals surface area contributed by atoms with Crippen LogP contribution in [0.1, 0.15) is 12.8 Å². The van der Waals surface area contributed by atoms with Crippen LogP contribution in [0.4, 0.5) is 0 Å². The summed E-state index contributed by atoms with van der Waals surface area (Å²) in [6.45, 7) is 2.83. The highest BCUT2D eigenvalue weighted by Gasteiger charge is 2.30. The van der Waals surface area contributed by atoms with Crippen molar-refractivity contribution in [3.8, 4) is 0 Å². The van der Waals surface area contributed by atoms with Gasteiger partial charge in [0.25, 0.3) is 0 Å². The SMILES string of the molecule is NCC1(NCCO)CCCOC1. The third-order valence-corrected chi connectivity index (χ3v) is 2.32. The molecule has 1 unspecified atom stereocenters. The van der Waals surface area contributed by atoms with E-state index in [1.54, 1.807) is 0 Å². The average Bonchev–Trinajstić information content (AvgIpc) is 2.16. The molecule has 1 atom stereocenters. The van der Waals surface area contributed by atoms with Gasteiger partial charge in [-0.05, 0) is 12.8 Å². The summed E-state index contributed by atoms with van der Waals surface area (Å²) in [6.07, 6.45) is 2.10. The Morgan fingerprint density at radius 1 is 1.58 bits per heavy atom. The molecule has 4 nitrogen and oxygen atoms in total. The van der Waals surface area contributed by atoms with Gasteiger partial charge in [0.2, 0.25) is 0 Å². The van der Waals surface area contributed by atoms with E-state index in [0.29, 0.717) is 19.7 Å². The Hall–Kier alpha value is -0.160. The normalized spacial score (nSPS) is 30.5. The lowest BCUT2D eigenvalue weighted by molar-refractivity contribution is 0.0224. The van der Waals surface area contributed by atoms with Crippen LogP contribution in [0.3, 0.4) is 0 Å². The first kappa shape index (κ1) is 9.92. The summed E-state index contributed by atoms with van der Waals surface area (Å²) >= 11 is 0. The third-order valence-electron chi connectivity index (χ3n) is 2.32. The highest BCUT2D eigenvalue weighted by atomic mass is 16.5. The molecule has 1 saturated heterocycles. The number of aliphatic hydroxyl groups excluding tert-OH is 1. The lowest BCUT2D eigenvalue weighted by atomic mass is 9.92. The summed E-state index contributed by atoms with van der Waals surface area (Å²) in [5, 5.41) is 11.9. The molecule has 0 amide bonds. The molecule has 0 aliphatic carbocycles. The van der Waals surface area contributed by atoms with E-state index in [1.165, 1.54) is 0 Å². The fourth-order valence-corrected chi connectivity index (χ4v) is 1.55. The molecule has 1 aliphatic rings. The van der Waals surface area contributed by atoms with Gasteiger partial charge in [0.05, 0.1) is 18.8 Å². The number of nitrogens with two attached hydrogens (primary N) is 1. The maximum absolute atomic E-state index is 8.66. The zero-order valence-electron chi connectivity index (χ0n) is 7.38. The second-order valence-electron chi connectivity index (χ2n) is 3.29. The van der Waals surface area contributed by atoms with Crippen molar-refractivity contribution in [1.82, 2.24) is 5.32 Å². The van der Waals surface area contributed by atoms with Crippen LogP contribution in [0.2, 0.25) is 0 Å². The van der Waals surface area contributed by atoms with Gasteiger partial charge in [0, 0.05) is 19.7 Å². The second-order valence-corrected chi connectivity index (χ2v) is 3.29. The molecular formula is C8H18N2O2. The zero-order chi connectivity index (χ0) is 8.86. The summed E-state index contributed by atoms with van der Waals surface area (Å²) in [4.78, 5) is 0. The van der Waals surface area contributed by atoms with Gasteiger partial charge in [-0.25, -0.2) is 0 Å². The van der Waals surface area contributed by atoms with E-state index in [4.69, 9.17) is 15.6 Å². The molecule has 1 aliphatic heterocycles. The average molecular weight is 174 g/mol. The first-order chi connectivity index (χ1) is 5.83. The molecule has 0 bridgehead atoms. The summed E-state index contributed by atoms with van der Waals surface area (Å²) in [6, 6.07) is 0. The minimum Gasteiger partial charge on any atom is -0.395 e. The lowest BCUT2D eigenvalue weighted by Crippen LogP contribution is -2.57. The van der Waals surface area contributed by atoms with E-state index in [0.717, 1.165) is 19.4 Å². The topological polar surface area (TPSA) is 67.5 Å². The quantitative estimate of drug-likeness (QED) is 0.515.